The Hall–Kier alpha value is -2.50. The van der Waals surface area contributed by atoms with Gasteiger partial charge in [0.25, 0.3) is 5.89 Å². The molecule has 0 saturated carbocycles. The fraction of sp³-hybridized carbons (Fsp3) is 0.312. The normalized spacial score (nSPS) is 13.5. The Morgan fingerprint density at radius 3 is 3.14 bits per heavy atom. The van der Waals surface area contributed by atoms with Gasteiger partial charge in [0.1, 0.15) is 6.67 Å². The van der Waals surface area contributed by atoms with E-state index in [2.05, 4.69) is 21.3 Å². The van der Waals surface area contributed by atoms with Crippen LogP contribution in [-0.2, 0) is 19.4 Å². The largest absolute Gasteiger partial charge is 0.334 e. The molecule has 0 fully saturated rings. The summed E-state index contributed by atoms with van der Waals surface area (Å²) in [6, 6.07) is 6.21. The molecule has 22 heavy (non-hydrogen) atoms. The third-order valence-electron chi connectivity index (χ3n) is 4.01. The number of nitrogens with zero attached hydrogens (tertiary/aromatic N) is 4. The highest BCUT2D eigenvalue weighted by atomic mass is 19.1. The van der Waals surface area contributed by atoms with Crippen LogP contribution in [0.4, 0.5) is 4.39 Å². The van der Waals surface area contributed by atoms with Crippen molar-refractivity contribution in [3.8, 4) is 22.8 Å². The van der Waals surface area contributed by atoms with Crippen molar-refractivity contribution in [2.24, 2.45) is 0 Å². The van der Waals surface area contributed by atoms with Gasteiger partial charge in [0.05, 0.1) is 18.3 Å². The molecule has 1 aromatic carbocycles. The lowest BCUT2D eigenvalue weighted by Gasteiger charge is -2.02. The van der Waals surface area contributed by atoms with Crippen molar-refractivity contribution in [2.75, 3.05) is 6.67 Å². The molecule has 2 heterocycles. The van der Waals surface area contributed by atoms with Crippen LogP contribution in [0, 0.1) is 0 Å². The molecule has 0 N–H and O–H groups in total. The molecule has 4 rings (SSSR count). The Bertz CT molecular complexity index is 808. The summed E-state index contributed by atoms with van der Waals surface area (Å²) in [5, 5.41) is 8.11. The minimum absolute atomic E-state index is 0.233. The second-order valence-electron chi connectivity index (χ2n) is 5.40. The molecule has 0 aliphatic heterocycles. The van der Waals surface area contributed by atoms with E-state index in [-0.39, 0.29) is 6.54 Å². The predicted molar refractivity (Wildman–Crippen MR) is 79.0 cm³/mol. The van der Waals surface area contributed by atoms with E-state index in [1.165, 1.54) is 22.2 Å². The molecule has 0 amide bonds. The van der Waals surface area contributed by atoms with Crippen LogP contribution < -0.4 is 0 Å². The quantitative estimate of drug-likeness (QED) is 0.743. The van der Waals surface area contributed by atoms with Crippen LogP contribution in [0.3, 0.4) is 0 Å². The van der Waals surface area contributed by atoms with E-state index in [1.807, 2.05) is 12.1 Å². The van der Waals surface area contributed by atoms with E-state index in [4.69, 9.17) is 4.52 Å². The van der Waals surface area contributed by atoms with Crippen molar-refractivity contribution in [1.29, 1.82) is 0 Å². The Morgan fingerprint density at radius 2 is 2.23 bits per heavy atom. The number of aryl methyl sites for hydroxylation is 2. The zero-order chi connectivity index (χ0) is 14.9. The maximum absolute atomic E-state index is 12.3. The number of halogens is 1. The number of fused-ring (bicyclic) bond motifs is 1. The molecule has 0 bridgehead atoms. The number of benzene rings is 1. The van der Waals surface area contributed by atoms with E-state index in [0.29, 0.717) is 11.7 Å². The van der Waals surface area contributed by atoms with Gasteiger partial charge in [-0.2, -0.15) is 10.1 Å². The highest BCUT2D eigenvalue weighted by molar-refractivity contribution is 5.64. The number of hydrogen-bond donors (Lipinski definition) is 0. The summed E-state index contributed by atoms with van der Waals surface area (Å²) in [6.45, 7) is -0.217. The van der Waals surface area contributed by atoms with Crippen molar-refractivity contribution in [1.82, 2.24) is 19.9 Å². The molecular formula is C16H15FN4O. The fourth-order valence-electron chi connectivity index (χ4n) is 2.96. The zero-order valence-corrected chi connectivity index (χ0v) is 12.0. The summed E-state index contributed by atoms with van der Waals surface area (Å²) < 4.78 is 19.3. The van der Waals surface area contributed by atoms with Crippen LogP contribution in [0.1, 0.15) is 17.5 Å². The maximum Gasteiger partial charge on any atom is 0.258 e. The molecule has 0 spiro atoms. The van der Waals surface area contributed by atoms with Gasteiger partial charge in [-0.3, -0.25) is 4.68 Å². The molecule has 6 heteroatoms. The molecule has 0 unspecified atom stereocenters. The number of hydrogen-bond acceptors (Lipinski definition) is 4. The van der Waals surface area contributed by atoms with Crippen molar-refractivity contribution in [2.45, 2.75) is 25.8 Å². The minimum atomic E-state index is -0.450. The van der Waals surface area contributed by atoms with Crippen molar-refractivity contribution < 1.29 is 8.91 Å². The first-order valence-electron chi connectivity index (χ1n) is 7.39. The van der Waals surface area contributed by atoms with Gasteiger partial charge >= 0.3 is 0 Å². The van der Waals surface area contributed by atoms with Gasteiger partial charge in [-0.25, -0.2) is 4.39 Å². The van der Waals surface area contributed by atoms with E-state index in [9.17, 15) is 4.39 Å². The third-order valence-corrected chi connectivity index (χ3v) is 4.01. The van der Waals surface area contributed by atoms with Crippen molar-refractivity contribution in [3.63, 3.8) is 0 Å². The maximum atomic E-state index is 12.3. The monoisotopic (exact) mass is 298 g/mol. The molecule has 0 saturated heterocycles. The molecule has 3 aromatic rings. The molecular weight excluding hydrogens is 283 g/mol. The minimum Gasteiger partial charge on any atom is -0.334 e. The lowest BCUT2D eigenvalue weighted by atomic mass is 10.0. The topological polar surface area (TPSA) is 56.7 Å². The summed E-state index contributed by atoms with van der Waals surface area (Å²) in [4.78, 5) is 4.48. The smallest absolute Gasteiger partial charge is 0.258 e. The van der Waals surface area contributed by atoms with E-state index < -0.39 is 6.67 Å². The Balaban J connectivity index is 1.68. The molecule has 0 atom stereocenters. The Labute approximate surface area is 126 Å². The van der Waals surface area contributed by atoms with Gasteiger partial charge < -0.3 is 4.52 Å². The fourth-order valence-corrected chi connectivity index (χ4v) is 2.96. The molecule has 1 aliphatic carbocycles. The number of aromatic nitrogens is 4. The number of alkyl halides is 1. The van der Waals surface area contributed by atoms with Crippen LogP contribution in [0.15, 0.2) is 35.1 Å². The average Bonchev–Trinajstić information content (AvgIpc) is 3.26. The summed E-state index contributed by atoms with van der Waals surface area (Å²) in [7, 11) is 0. The van der Waals surface area contributed by atoms with E-state index in [0.717, 1.165) is 24.0 Å². The molecule has 5 nitrogen and oxygen atoms in total. The Morgan fingerprint density at radius 1 is 1.27 bits per heavy atom. The van der Waals surface area contributed by atoms with Crippen molar-refractivity contribution >= 4 is 0 Å². The van der Waals surface area contributed by atoms with Gasteiger partial charge in [0, 0.05) is 11.8 Å². The standard InChI is InChI=1S/C16H15FN4O/c17-7-8-21-10-12(9-18-21)15-19-16(22-20-15)14-6-2-4-11-3-1-5-13(11)14/h2,4,6,9-10H,1,3,5,7-8H2. The van der Waals surface area contributed by atoms with Gasteiger partial charge in [0.15, 0.2) is 0 Å². The highest BCUT2D eigenvalue weighted by Crippen LogP contribution is 2.32. The van der Waals surface area contributed by atoms with Gasteiger partial charge in [-0.05, 0) is 36.5 Å². The van der Waals surface area contributed by atoms with Crippen LogP contribution in [0.2, 0.25) is 0 Å². The summed E-state index contributed by atoms with van der Waals surface area (Å²) >= 11 is 0. The lowest BCUT2D eigenvalue weighted by molar-refractivity contribution is 0.427. The first kappa shape index (κ1) is 13.2. The van der Waals surface area contributed by atoms with E-state index in [1.54, 1.807) is 12.4 Å². The third kappa shape index (κ3) is 2.20. The molecule has 2 aromatic heterocycles. The van der Waals surface area contributed by atoms with Crippen LogP contribution >= 0.6 is 0 Å². The highest BCUT2D eigenvalue weighted by Gasteiger charge is 2.19. The predicted octanol–water partition coefficient (Wildman–Crippen LogP) is 3.06. The summed E-state index contributed by atoms with van der Waals surface area (Å²) in [5.74, 6) is 1.02. The van der Waals surface area contributed by atoms with Gasteiger partial charge in [0.2, 0.25) is 5.82 Å². The molecule has 0 radical (unpaired) electrons. The van der Waals surface area contributed by atoms with Crippen LogP contribution in [-0.4, -0.2) is 26.6 Å². The van der Waals surface area contributed by atoms with Crippen molar-refractivity contribution in [3.05, 3.63) is 41.7 Å². The zero-order valence-electron chi connectivity index (χ0n) is 12.0. The molecule has 1 aliphatic rings. The first-order chi connectivity index (χ1) is 10.8. The van der Waals surface area contributed by atoms with Gasteiger partial charge in [-0.1, -0.05) is 17.3 Å². The van der Waals surface area contributed by atoms with E-state index >= 15 is 0 Å². The van der Waals surface area contributed by atoms with Crippen LogP contribution in [0.5, 0.6) is 0 Å². The average molecular weight is 298 g/mol. The summed E-state index contributed by atoms with van der Waals surface area (Å²) in [6.07, 6.45) is 6.69. The summed E-state index contributed by atoms with van der Waals surface area (Å²) in [5.41, 5.74) is 4.43. The number of rotatable bonds is 4. The first-order valence-corrected chi connectivity index (χ1v) is 7.39. The van der Waals surface area contributed by atoms with Crippen LogP contribution in [0.25, 0.3) is 22.8 Å². The second-order valence-corrected chi connectivity index (χ2v) is 5.40. The SMILES string of the molecule is FCCn1cc(-c2noc(-c3cccc4c3CCC4)n2)cn1. The van der Waals surface area contributed by atoms with Gasteiger partial charge in [-0.15, -0.1) is 0 Å². The second kappa shape index (κ2) is 5.36. The Kier molecular flexibility index (Phi) is 3.21. The molecule has 112 valence electrons. The lowest BCUT2D eigenvalue weighted by Crippen LogP contribution is -1.98.